The Morgan fingerprint density at radius 2 is 1.90 bits per heavy atom. The predicted molar refractivity (Wildman–Crippen MR) is 82.6 cm³/mol. The average Bonchev–Trinajstić information content (AvgIpc) is 3.18. The van der Waals surface area contributed by atoms with Gasteiger partial charge in [-0.3, -0.25) is 4.79 Å². The maximum absolute atomic E-state index is 12.2. The second-order valence-electron chi connectivity index (χ2n) is 6.89. The Bertz CT molecular complexity index is 455. The fourth-order valence-electron chi connectivity index (χ4n) is 2.38. The summed E-state index contributed by atoms with van der Waals surface area (Å²) in [6.07, 6.45) is 3.35. The number of carbonyl (C=O) groups excluding carboxylic acids is 1. The van der Waals surface area contributed by atoms with Gasteiger partial charge in [0.1, 0.15) is 0 Å². The molecular formula is C17H26N2O. The standard InChI is InChI=1S/C17H26N2O/c1-17(2,3)19-16(20)15(11-18)10-12-4-6-13(7-5-12)14-8-9-14/h4-7,14-15H,8-11,18H2,1-3H3,(H,19,20). The normalized spacial score (nSPS) is 16.8. The van der Waals surface area contributed by atoms with E-state index in [0.717, 1.165) is 5.92 Å². The van der Waals surface area contributed by atoms with Crippen LogP contribution >= 0.6 is 0 Å². The Kier molecular flexibility index (Phi) is 4.48. The van der Waals surface area contributed by atoms with Gasteiger partial charge in [-0.15, -0.1) is 0 Å². The zero-order valence-corrected chi connectivity index (χ0v) is 12.8. The zero-order chi connectivity index (χ0) is 14.8. The summed E-state index contributed by atoms with van der Waals surface area (Å²) in [4.78, 5) is 12.2. The number of carbonyl (C=O) groups is 1. The van der Waals surface area contributed by atoms with Crippen molar-refractivity contribution in [3.8, 4) is 0 Å². The molecule has 3 N–H and O–H groups in total. The van der Waals surface area contributed by atoms with Crippen molar-refractivity contribution < 1.29 is 4.79 Å². The van der Waals surface area contributed by atoms with E-state index in [1.54, 1.807) is 0 Å². The van der Waals surface area contributed by atoms with Crippen molar-refractivity contribution in [2.75, 3.05) is 6.54 Å². The van der Waals surface area contributed by atoms with Crippen LogP contribution in [-0.4, -0.2) is 18.0 Å². The largest absolute Gasteiger partial charge is 0.351 e. The fourth-order valence-corrected chi connectivity index (χ4v) is 2.38. The van der Waals surface area contributed by atoms with Crippen LogP contribution in [0.2, 0.25) is 0 Å². The summed E-state index contributed by atoms with van der Waals surface area (Å²) in [5.74, 6) is 0.672. The number of nitrogens with two attached hydrogens (primary N) is 1. The number of benzene rings is 1. The summed E-state index contributed by atoms with van der Waals surface area (Å²) in [5, 5.41) is 3.01. The van der Waals surface area contributed by atoms with Crippen LogP contribution in [0.1, 0.15) is 50.7 Å². The van der Waals surface area contributed by atoms with E-state index in [4.69, 9.17) is 5.73 Å². The van der Waals surface area contributed by atoms with E-state index in [2.05, 4.69) is 29.6 Å². The van der Waals surface area contributed by atoms with Crippen LogP contribution < -0.4 is 11.1 Å². The Morgan fingerprint density at radius 3 is 2.35 bits per heavy atom. The van der Waals surface area contributed by atoms with Gasteiger partial charge >= 0.3 is 0 Å². The van der Waals surface area contributed by atoms with E-state index in [1.807, 2.05) is 20.8 Å². The van der Waals surface area contributed by atoms with Crippen LogP contribution in [0.3, 0.4) is 0 Å². The first-order chi connectivity index (χ1) is 9.39. The average molecular weight is 274 g/mol. The summed E-state index contributed by atoms with van der Waals surface area (Å²) in [5.41, 5.74) is 8.18. The molecule has 2 rings (SSSR count). The number of rotatable bonds is 5. The van der Waals surface area contributed by atoms with Crippen LogP contribution in [0.4, 0.5) is 0 Å². The second kappa shape index (κ2) is 5.96. The predicted octanol–water partition coefficient (Wildman–Crippen LogP) is 2.60. The highest BCUT2D eigenvalue weighted by Gasteiger charge is 2.24. The van der Waals surface area contributed by atoms with Crippen LogP contribution in [0, 0.1) is 5.92 Å². The third-order valence-corrected chi connectivity index (χ3v) is 3.66. The van der Waals surface area contributed by atoms with Gasteiger partial charge in [0.2, 0.25) is 5.91 Å². The van der Waals surface area contributed by atoms with E-state index in [-0.39, 0.29) is 17.4 Å². The topological polar surface area (TPSA) is 55.1 Å². The van der Waals surface area contributed by atoms with E-state index in [9.17, 15) is 4.79 Å². The van der Waals surface area contributed by atoms with Crippen molar-refractivity contribution in [1.29, 1.82) is 0 Å². The molecule has 1 aromatic rings. The van der Waals surface area contributed by atoms with Crippen molar-refractivity contribution in [1.82, 2.24) is 5.32 Å². The van der Waals surface area contributed by atoms with Crippen molar-refractivity contribution in [2.24, 2.45) is 11.7 Å². The van der Waals surface area contributed by atoms with Gasteiger partial charge in [0, 0.05) is 12.1 Å². The van der Waals surface area contributed by atoms with E-state index in [1.165, 1.54) is 24.0 Å². The van der Waals surface area contributed by atoms with Crippen LogP contribution in [0.25, 0.3) is 0 Å². The lowest BCUT2D eigenvalue weighted by Gasteiger charge is -2.24. The molecular weight excluding hydrogens is 248 g/mol. The fraction of sp³-hybridized carbons (Fsp3) is 0.588. The van der Waals surface area contributed by atoms with Crippen LogP contribution in [0.15, 0.2) is 24.3 Å². The first-order valence-electron chi connectivity index (χ1n) is 7.50. The maximum atomic E-state index is 12.2. The molecule has 0 radical (unpaired) electrons. The minimum absolute atomic E-state index is 0.0475. The van der Waals surface area contributed by atoms with Crippen molar-refractivity contribution in [2.45, 2.75) is 51.5 Å². The highest BCUT2D eigenvalue weighted by Crippen LogP contribution is 2.39. The molecule has 0 aliphatic heterocycles. The maximum Gasteiger partial charge on any atom is 0.225 e. The third kappa shape index (κ3) is 4.34. The Labute approximate surface area is 121 Å². The smallest absolute Gasteiger partial charge is 0.225 e. The Hall–Kier alpha value is -1.35. The quantitative estimate of drug-likeness (QED) is 0.867. The van der Waals surface area contributed by atoms with Gasteiger partial charge in [0.05, 0.1) is 5.92 Å². The molecule has 0 heterocycles. The highest BCUT2D eigenvalue weighted by molar-refractivity contribution is 5.79. The summed E-state index contributed by atoms with van der Waals surface area (Å²) < 4.78 is 0. The number of nitrogens with one attached hydrogen (secondary N) is 1. The lowest BCUT2D eigenvalue weighted by Crippen LogP contribution is -2.46. The summed E-state index contributed by atoms with van der Waals surface area (Å²) in [7, 11) is 0. The van der Waals surface area contributed by atoms with E-state index in [0.29, 0.717) is 13.0 Å². The molecule has 0 bridgehead atoms. The molecule has 1 aromatic carbocycles. The molecule has 0 saturated heterocycles. The van der Waals surface area contributed by atoms with Gasteiger partial charge in [-0.25, -0.2) is 0 Å². The summed E-state index contributed by atoms with van der Waals surface area (Å²) in [6.45, 7) is 6.35. The zero-order valence-electron chi connectivity index (χ0n) is 12.8. The van der Waals surface area contributed by atoms with Crippen LogP contribution in [-0.2, 0) is 11.2 Å². The Morgan fingerprint density at radius 1 is 1.30 bits per heavy atom. The first kappa shape index (κ1) is 15.0. The summed E-state index contributed by atoms with van der Waals surface area (Å²) in [6, 6.07) is 8.67. The second-order valence-corrected chi connectivity index (χ2v) is 6.89. The molecule has 1 atom stereocenters. The van der Waals surface area contributed by atoms with Crippen molar-refractivity contribution in [3.63, 3.8) is 0 Å². The lowest BCUT2D eigenvalue weighted by atomic mass is 9.96. The number of hydrogen-bond acceptors (Lipinski definition) is 2. The van der Waals surface area contributed by atoms with Gasteiger partial charge < -0.3 is 11.1 Å². The molecule has 1 unspecified atom stereocenters. The number of amides is 1. The van der Waals surface area contributed by atoms with E-state index < -0.39 is 0 Å². The van der Waals surface area contributed by atoms with Crippen molar-refractivity contribution in [3.05, 3.63) is 35.4 Å². The lowest BCUT2D eigenvalue weighted by molar-refractivity contribution is -0.126. The SMILES string of the molecule is CC(C)(C)NC(=O)C(CN)Cc1ccc(C2CC2)cc1. The first-order valence-corrected chi connectivity index (χ1v) is 7.50. The molecule has 3 heteroatoms. The molecule has 0 aromatic heterocycles. The molecule has 1 saturated carbocycles. The monoisotopic (exact) mass is 274 g/mol. The molecule has 20 heavy (non-hydrogen) atoms. The minimum atomic E-state index is -0.208. The minimum Gasteiger partial charge on any atom is -0.351 e. The molecule has 3 nitrogen and oxygen atoms in total. The summed E-state index contributed by atoms with van der Waals surface area (Å²) >= 11 is 0. The van der Waals surface area contributed by atoms with Gasteiger partial charge in [-0.2, -0.15) is 0 Å². The van der Waals surface area contributed by atoms with E-state index >= 15 is 0 Å². The Balaban J connectivity index is 1.96. The van der Waals surface area contributed by atoms with Crippen LogP contribution in [0.5, 0.6) is 0 Å². The molecule has 1 amide bonds. The third-order valence-electron chi connectivity index (χ3n) is 3.66. The highest BCUT2D eigenvalue weighted by atomic mass is 16.2. The molecule has 1 fully saturated rings. The van der Waals surface area contributed by atoms with Gasteiger partial charge in [-0.1, -0.05) is 24.3 Å². The van der Waals surface area contributed by atoms with Gasteiger partial charge in [0.15, 0.2) is 0 Å². The van der Waals surface area contributed by atoms with Crippen molar-refractivity contribution >= 4 is 5.91 Å². The molecule has 1 aliphatic rings. The van der Waals surface area contributed by atoms with Gasteiger partial charge in [0.25, 0.3) is 0 Å². The molecule has 110 valence electrons. The van der Waals surface area contributed by atoms with Gasteiger partial charge in [-0.05, 0) is 57.1 Å². The molecule has 1 aliphatic carbocycles. The molecule has 0 spiro atoms. The number of hydrogen-bond donors (Lipinski definition) is 2.